The van der Waals surface area contributed by atoms with E-state index in [1.807, 2.05) is 6.92 Å². The van der Waals surface area contributed by atoms with Gasteiger partial charge in [0.2, 0.25) is 0 Å². The van der Waals surface area contributed by atoms with Crippen molar-refractivity contribution in [3.63, 3.8) is 0 Å². The molecule has 0 saturated heterocycles. The van der Waals surface area contributed by atoms with Gasteiger partial charge in [0.05, 0.1) is 6.61 Å². The van der Waals surface area contributed by atoms with Crippen LogP contribution in [0.4, 0.5) is 13.2 Å². The second-order valence-corrected chi connectivity index (χ2v) is 6.10. The smallest absolute Gasteiger partial charge is 0.389 e. The van der Waals surface area contributed by atoms with Crippen LogP contribution >= 0.6 is 0 Å². The summed E-state index contributed by atoms with van der Waals surface area (Å²) in [6.07, 6.45) is -1.22. The molecule has 152 valence electrons. The van der Waals surface area contributed by atoms with Crippen LogP contribution in [0, 0.1) is 11.8 Å². The molecular formula is C23H21F3O3. The van der Waals surface area contributed by atoms with Crippen LogP contribution in [0.15, 0.2) is 60.7 Å². The SMILES string of the molecule is CC/C=C/C(=O)Oc1ccc(C#Cc2ccc(OCCCC(F)(F)F)cc2)cc1. The molecule has 6 heteroatoms. The first-order chi connectivity index (χ1) is 13.9. The third-order valence-electron chi connectivity index (χ3n) is 3.64. The molecule has 0 aliphatic carbocycles. The minimum Gasteiger partial charge on any atom is -0.494 e. The van der Waals surface area contributed by atoms with E-state index in [1.54, 1.807) is 54.6 Å². The maximum atomic E-state index is 12.1. The van der Waals surface area contributed by atoms with Crippen LogP contribution in [0.1, 0.15) is 37.3 Å². The zero-order valence-corrected chi connectivity index (χ0v) is 16.0. The Morgan fingerprint density at radius 2 is 1.52 bits per heavy atom. The highest BCUT2D eigenvalue weighted by Crippen LogP contribution is 2.21. The van der Waals surface area contributed by atoms with Crippen LogP contribution in [0.25, 0.3) is 0 Å². The molecule has 0 atom stereocenters. The van der Waals surface area contributed by atoms with E-state index >= 15 is 0 Å². The van der Waals surface area contributed by atoms with Crippen molar-refractivity contribution in [1.82, 2.24) is 0 Å². The first-order valence-corrected chi connectivity index (χ1v) is 9.16. The average Bonchev–Trinajstić information content (AvgIpc) is 2.69. The predicted octanol–water partition coefficient (Wildman–Crippen LogP) is 5.68. The second-order valence-electron chi connectivity index (χ2n) is 6.10. The number of hydrogen-bond acceptors (Lipinski definition) is 3. The molecule has 0 bridgehead atoms. The number of halogens is 3. The van der Waals surface area contributed by atoms with Crippen molar-refractivity contribution >= 4 is 5.97 Å². The van der Waals surface area contributed by atoms with Gasteiger partial charge in [-0.2, -0.15) is 13.2 Å². The summed E-state index contributed by atoms with van der Waals surface area (Å²) in [7, 11) is 0. The van der Waals surface area contributed by atoms with E-state index in [1.165, 1.54) is 6.08 Å². The number of hydrogen-bond donors (Lipinski definition) is 0. The molecule has 0 N–H and O–H groups in total. The summed E-state index contributed by atoms with van der Waals surface area (Å²) in [5, 5.41) is 0. The standard InChI is InChI=1S/C23H21F3O3/c1-2-3-5-22(27)29-21-14-10-19(11-15-21)7-6-18-8-12-20(13-9-18)28-17-4-16-23(24,25)26/h3,5,8-15H,2,4,16-17H2,1H3/b5-3+. The Balaban J connectivity index is 1.86. The van der Waals surface area contributed by atoms with Crippen molar-refractivity contribution in [1.29, 1.82) is 0 Å². The number of ether oxygens (including phenoxy) is 2. The third kappa shape index (κ3) is 9.02. The molecule has 2 aromatic rings. The number of alkyl halides is 3. The molecule has 0 aromatic heterocycles. The fourth-order valence-corrected chi connectivity index (χ4v) is 2.21. The van der Waals surface area contributed by atoms with Gasteiger partial charge in [0.25, 0.3) is 0 Å². The van der Waals surface area contributed by atoms with Gasteiger partial charge in [-0.1, -0.05) is 24.8 Å². The summed E-state index contributed by atoms with van der Waals surface area (Å²) < 4.78 is 46.7. The Labute approximate surface area is 168 Å². The van der Waals surface area contributed by atoms with Crippen LogP contribution in [-0.2, 0) is 4.79 Å². The van der Waals surface area contributed by atoms with Crippen LogP contribution in [-0.4, -0.2) is 18.8 Å². The molecule has 0 aliphatic heterocycles. The quantitative estimate of drug-likeness (QED) is 0.197. The van der Waals surface area contributed by atoms with Gasteiger partial charge in [-0.3, -0.25) is 0 Å². The molecule has 2 rings (SSSR count). The monoisotopic (exact) mass is 402 g/mol. The molecule has 0 unspecified atom stereocenters. The maximum Gasteiger partial charge on any atom is 0.389 e. The van der Waals surface area contributed by atoms with Crippen molar-refractivity contribution in [3.05, 3.63) is 71.8 Å². The number of carbonyl (C=O) groups excluding carboxylic acids is 1. The molecule has 0 aliphatic rings. The Hall–Kier alpha value is -3.20. The lowest BCUT2D eigenvalue weighted by Gasteiger charge is -2.08. The van der Waals surface area contributed by atoms with Crippen LogP contribution in [0.2, 0.25) is 0 Å². The fourth-order valence-electron chi connectivity index (χ4n) is 2.21. The van der Waals surface area contributed by atoms with E-state index in [-0.39, 0.29) is 13.0 Å². The van der Waals surface area contributed by atoms with E-state index in [2.05, 4.69) is 11.8 Å². The zero-order chi connectivity index (χ0) is 21.1. The van der Waals surface area contributed by atoms with Crippen molar-refractivity contribution in [2.45, 2.75) is 32.4 Å². The summed E-state index contributed by atoms with van der Waals surface area (Å²) in [5.41, 5.74) is 1.49. The summed E-state index contributed by atoms with van der Waals surface area (Å²) in [5.74, 6) is 6.50. The van der Waals surface area contributed by atoms with Crippen LogP contribution in [0.3, 0.4) is 0 Å². The van der Waals surface area contributed by atoms with E-state index < -0.39 is 18.6 Å². The molecule has 0 fully saturated rings. The summed E-state index contributed by atoms with van der Waals surface area (Å²) in [6.45, 7) is 1.94. The highest BCUT2D eigenvalue weighted by Gasteiger charge is 2.26. The van der Waals surface area contributed by atoms with Gasteiger partial charge in [-0.05, 0) is 61.4 Å². The molecule has 2 aromatic carbocycles. The molecule has 29 heavy (non-hydrogen) atoms. The predicted molar refractivity (Wildman–Crippen MR) is 105 cm³/mol. The highest BCUT2D eigenvalue weighted by atomic mass is 19.4. The minimum absolute atomic E-state index is 0.00962. The molecule has 0 amide bonds. The first-order valence-electron chi connectivity index (χ1n) is 9.16. The normalized spacial score (nSPS) is 11.0. The minimum atomic E-state index is -4.16. The lowest BCUT2D eigenvalue weighted by molar-refractivity contribution is -0.136. The van der Waals surface area contributed by atoms with Gasteiger partial charge < -0.3 is 9.47 Å². The fraction of sp³-hybridized carbons (Fsp3) is 0.261. The molecule has 0 radical (unpaired) electrons. The van der Waals surface area contributed by atoms with E-state index in [9.17, 15) is 18.0 Å². The largest absolute Gasteiger partial charge is 0.494 e. The number of rotatable bonds is 7. The molecule has 3 nitrogen and oxygen atoms in total. The van der Waals surface area contributed by atoms with E-state index in [0.29, 0.717) is 11.5 Å². The highest BCUT2D eigenvalue weighted by molar-refractivity contribution is 5.83. The Bertz CT molecular complexity index is 871. The van der Waals surface area contributed by atoms with Gasteiger partial charge in [-0.25, -0.2) is 4.79 Å². The molecule has 0 saturated carbocycles. The van der Waals surface area contributed by atoms with Crippen molar-refractivity contribution in [3.8, 4) is 23.3 Å². The Morgan fingerprint density at radius 1 is 0.966 bits per heavy atom. The topological polar surface area (TPSA) is 35.5 Å². The summed E-state index contributed by atoms with van der Waals surface area (Å²) in [4.78, 5) is 11.5. The Morgan fingerprint density at radius 3 is 2.03 bits per heavy atom. The van der Waals surface area contributed by atoms with Gasteiger partial charge in [0, 0.05) is 23.6 Å². The number of carbonyl (C=O) groups is 1. The molecule has 0 spiro atoms. The van der Waals surface area contributed by atoms with Gasteiger partial charge in [0.15, 0.2) is 0 Å². The molecule has 0 heterocycles. The van der Waals surface area contributed by atoms with E-state index in [4.69, 9.17) is 9.47 Å². The van der Waals surface area contributed by atoms with Crippen LogP contribution in [0.5, 0.6) is 11.5 Å². The summed E-state index contributed by atoms with van der Waals surface area (Å²) >= 11 is 0. The van der Waals surface area contributed by atoms with Crippen molar-refractivity contribution in [2.75, 3.05) is 6.61 Å². The third-order valence-corrected chi connectivity index (χ3v) is 3.64. The first kappa shape index (κ1) is 22.1. The molecular weight excluding hydrogens is 381 g/mol. The van der Waals surface area contributed by atoms with Gasteiger partial charge in [-0.15, -0.1) is 0 Å². The van der Waals surface area contributed by atoms with Gasteiger partial charge >= 0.3 is 12.1 Å². The average molecular weight is 402 g/mol. The number of esters is 1. The number of benzene rings is 2. The van der Waals surface area contributed by atoms with E-state index in [0.717, 1.165) is 17.5 Å². The number of allylic oxidation sites excluding steroid dienone is 1. The van der Waals surface area contributed by atoms with Crippen molar-refractivity contribution in [2.24, 2.45) is 0 Å². The van der Waals surface area contributed by atoms with Gasteiger partial charge in [0.1, 0.15) is 11.5 Å². The maximum absolute atomic E-state index is 12.1. The van der Waals surface area contributed by atoms with Crippen molar-refractivity contribution < 1.29 is 27.4 Å². The lowest BCUT2D eigenvalue weighted by Crippen LogP contribution is -2.09. The second kappa shape index (κ2) is 11.0. The van der Waals surface area contributed by atoms with Crippen LogP contribution < -0.4 is 9.47 Å². The lowest BCUT2D eigenvalue weighted by atomic mass is 10.2. The Kier molecular flexibility index (Phi) is 8.35. The summed E-state index contributed by atoms with van der Waals surface area (Å²) in [6, 6.07) is 13.6. The zero-order valence-electron chi connectivity index (χ0n) is 16.0.